The molecule has 29 heavy (non-hydrogen) atoms. The minimum Gasteiger partial charge on any atom is -0.489 e. The van der Waals surface area contributed by atoms with E-state index in [4.69, 9.17) is 33.7 Å². The van der Waals surface area contributed by atoms with Gasteiger partial charge in [-0.25, -0.2) is 9.37 Å². The number of benzene rings is 2. The van der Waals surface area contributed by atoms with Crippen molar-refractivity contribution < 1.29 is 13.9 Å². The molecular weight excluding hydrogens is 438 g/mol. The number of hydrogen-bond acceptors (Lipinski definition) is 6. The van der Waals surface area contributed by atoms with E-state index >= 15 is 0 Å². The Bertz CT molecular complexity index is 1170. The molecule has 6 nitrogen and oxygen atoms in total. The van der Waals surface area contributed by atoms with Crippen LogP contribution in [0, 0.1) is 5.82 Å². The molecule has 0 bridgehead atoms. The molecule has 0 spiro atoms. The Morgan fingerprint density at radius 3 is 3.00 bits per heavy atom. The zero-order chi connectivity index (χ0) is 20.3. The third-order valence-electron chi connectivity index (χ3n) is 5.22. The molecule has 0 aliphatic carbocycles. The van der Waals surface area contributed by atoms with Crippen molar-refractivity contribution in [2.75, 3.05) is 32.0 Å². The first-order chi connectivity index (χ1) is 14.0. The molecule has 2 aliphatic heterocycles. The summed E-state index contributed by atoms with van der Waals surface area (Å²) in [5.41, 5.74) is 7.46. The highest BCUT2D eigenvalue weighted by Crippen LogP contribution is 2.47. The summed E-state index contributed by atoms with van der Waals surface area (Å²) in [6.45, 7) is 2.26. The lowest BCUT2D eigenvalue weighted by molar-refractivity contribution is 0.0606. The average molecular weight is 453 g/mol. The van der Waals surface area contributed by atoms with Crippen molar-refractivity contribution in [2.45, 2.75) is 6.04 Å². The number of fused-ring (bicyclic) bond motifs is 3. The van der Waals surface area contributed by atoms with Crippen LogP contribution in [0.5, 0.6) is 5.75 Å². The zero-order valence-electron chi connectivity index (χ0n) is 15.0. The summed E-state index contributed by atoms with van der Waals surface area (Å²) in [5, 5.41) is 3.97. The van der Waals surface area contributed by atoms with E-state index in [-0.39, 0.29) is 32.9 Å². The maximum atomic E-state index is 14.2. The van der Waals surface area contributed by atoms with Crippen LogP contribution in [0.3, 0.4) is 0 Å². The van der Waals surface area contributed by atoms with Gasteiger partial charge in [-0.2, -0.15) is 0 Å². The van der Waals surface area contributed by atoms with E-state index < -0.39 is 5.82 Å². The highest BCUT2D eigenvalue weighted by Gasteiger charge is 2.35. The van der Waals surface area contributed by atoms with E-state index in [2.05, 4.69) is 10.3 Å². The number of hydrogen-bond donors (Lipinski definition) is 2. The van der Waals surface area contributed by atoms with Gasteiger partial charge < -0.3 is 20.7 Å². The van der Waals surface area contributed by atoms with Gasteiger partial charge in [0.15, 0.2) is 10.9 Å². The molecule has 0 radical (unpaired) electrons. The number of nitrogen functional groups attached to an aromatic ring is 1. The number of thiazole rings is 1. The molecule has 3 heterocycles. The molecule has 3 N–H and O–H groups in total. The summed E-state index contributed by atoms with van der Waals surface area (Å²) in [4.78, 5) is 19.1. The number of amides is 1. The lowest BCUT2D eigenvalue weighted by Gasteiger charge is -2.33. The summed E-state index contributed by atoms with van der Waals surface area (Å²) in [6.07, 6.45) is 0. The Kier molecular flexibility index (Phi) is 4.54. The second-order valence-electron chi connectivity index (χ2n) is 6.92. The molecule has 1 aromatic heterocycles. The number of ether oxygens (including phenoxy) is 1. The molecule has 1 amide bonds. The summed E-state index contributed by atoms with van der Waals surface area (Å²) in [6, 6.07) is 4.36. The average Bonchev–Trinajstić information content (AvgIpc) is 3.04. The highest BCUT2D eigenvalue weighted by molar-refractivity contribution is 7.22. The monoisotopic (exact) mass is 452 g/mol. The molecule has 3 aromatic rings. The summed E-state index contributed by atoms with van der Waals surface area (Å²) in [5.74, 6) is -0.302. The molecule has 10 heteroatoms. The quantitative estimate of drug-likeness (QED) is 0.586. The van der Waals surface area contributed by atoms with Crippen LogP contribution in [0.15, 0.2) is 18.2 Å². The van der Waals surface area contributed by atoms with Crippen molar-refractivity contribution in [3.05, 3.63) is 39.6 Å². The van der Waals surface area contributed by atoms with E-state index in [0.29, 0.717) is 46.6 Å². The summed E-state index contributed by atoms with van der Waals surface area (Å²) >= 11 is 14.3. The highest BCUT2D eigenvalue weighted by atomic mass is 35.5. The van der Waals surface area contributed by atoms with Crippen LogP contribution >= 0.6 is 34.5 Å². The normalized spacial score (nSPS) is 18.9. The standard InChI is InChI=1S/C19H15Cl2FN4O2S/c20-11-5-10-16(28-7-8-6-24-3-4-26(8)18(10)27)14(21)13(11)9-1-2-12(22)17-15(9)25-19(23)29-17/h1-2,5,8,24H,3-4,6-7H2,(H2,23,25)/t8-/m1/s1. The maximum Gasteiger partial charge on any atom is 0.258 e. The van der Waals surface area contributed by atoms with E-state index in [0.717, 1.165) is 17.9 Å². The maximum absolute atomic E-state index is 14.2. The number of nitrogens with zero attached hydrogens (tertiary/aromatic N) is 2. The summed E-state index contributed by atoms with van der Waals surface area (Å²) < 4.78 is 20.5. The second-order valence-corrected chi connectivity index (χ2v) is 8.73. The van der Waals surface area contributed by atoms with Crippen LogP contribution in [-0.4, -0.2) is 48.1 Å². The molecule has 0 saturated carbocycles. The van der Waals surface area contributed by atoms with E-state index in [1.54, 1.807) is 17.0 Å². The van der Waals surface area contributed by atoms with Gasteiger partial charge in [0, 0.05) is 30.8 Å². The number of aromatic nitrogens is 1. The van der Waals surface area contributed by atoms with Gasteiger partial charge in [-0.15, -0.1) is 0 Å². The Hall–Kier alpha value is -2.13. The molecule has 1 atom stereocenters. The lowest BCUT2D eigenvalue weighted by atomic mass is 10.0. The largest absolute Gasteiger partial charge is 0.489 e. The van der Waals surface area contributed by atoms with E-state index in [1.165, 1.54) is 6.07 Å². The molecule has 0 unspecified atom stereocenters. The van der Waals surface area contributed by atoms with Crippen LogP contribution in [0.25, 0.3) is 21.3 Å². The third-order valence-corrected chi connectivity index (χ3v) is 6.77. The van der Waals surface area contributed by atoms with Crippen LogP contribution in [0.1, 0.15) is 10.4 Å². The summed E-state index contributed by atoms with van der Waals surface area (Å²) in [7, 11) is 0. The van der Waals surface area contributed by atoms with E-state index in [9.17, 15) is 9.18 Å². The minimum absolute atomic E-state index is 0.0854. The third kappa shape index (κ3) is 2.93. The van der Waals surface area contributed by atoms with Gasteiger partial charge in [-0.1, -0.05) is 34.5 Å². The molecule has 1 saturated heterocycles. The van der Waals surface area contributed by atoms with Crippen LogP contribution in [-0.2, 0) is 0 Å². The van der Waals surface area contributed by atoms with Crippen LogP contribution in [0.4, 0.5) is 9.52 Å². The smallest absolute Gasteiger partial charge is 0.258 e. The van der Waals surface area contributed by atoms with Gasteiger partial charge in [-0.3, -0.25) is 4.79 Å². The SMILES string of the molecule is Nc1nc2c(-c3c(Cl)cc4c(c3Cl)OC[C@H]3CNCCN3C4=O)ccc(F)c2s1. The van der Waals surface area contributed by atoms with Gasteiger partial charge in [0.25, 0.3) is 5.91 Å². The Morgan fingerprint density at radius 1 is 1.34 bits per heavy atom. The van der Waals surface area contributed by atoms with Gasteiger partial charge in [0.1, 0.15) is 12.4 Å². The van der Waals surface area contributed by atoms with Crippen molar-refractivity contribution in [2.24, 2.45) is 0 Å². The number of anilines is 1. The van der Waals surface area contributed by atoms with Crippen LogP contribution < -0.4 is 15.8 Å². The first kappa shape index (κ1) is 18.9. The number of carbonyl (C=O) groups is 1. The second kappa shape index (κ2) is 6.98. The van der Waals surface area contributed by atoms with Crippen molar-refractivity contribution in [1.29, 1.82) is 0 Å². The fourth-order valence-electron chi connectivity index (χ4n) is 3.85. The first-order valence-corrected chi connectivity index (χ1v) is 10.5. The van der Waals surface area contributed by atoms with Crippen molar-refractivity contribution in [3.8, 4) is 16.9 Å². The van der Waals surface area contributed by atoms with Gasteiger partial charge in [-0.05, 0) is 18.2 Å². The number of nitrogens with one attached hydrogen (secondary N) is 1. The molecule has 2 aliphatic rings. The number of carbonyl (C=O) groups excluding carboxylic acids is 1. The van der Waals surface area contributed by atoms with Gasteiger partial charge in [0.2, 0.25) is 0 Å². The molecule has 2 aromatic carbocycles. The minimum atomic E-state index is -0.421. The topological polar surface area (TPSA) is 80.5 Å². The van der Waals surface area contributed by atoms with Gasteiger partial charge >= 0.3 is 0 Å². The number of piperazine rings is 1. The number of rotatable bonds is 1. The van der Waals surface area contributed by atoms with Crippen molar-refractivity contribution in [1.82, 2.24) is 15.2 Å². The fourth-order valence-corrected chi connectivity index (χ4v) is 5.33. The number of halogens is 3. The van der Waals surface area contributed by atoms with E-state index in [1.807, 2.05) is 0 Å². The fraction of sp³-hybridized carbons (Fsp3) is 0.263. The number of nitrogens with two attached hydrogens (primary N) is 1. The Balaban J connectivity index is 1.71. The lowest BCUT2D eigenvalue weighted by Crippen LogP contribution is -2.54. The Labute approximate surface area is 179 Å². The van der Waals surface area contributed by atoms with Crippen molar-refractivity contribution in [3.63, 3.8) is 0 Å². The van der Waals surface area contributed by atoms with Crippen molar-refractivity contribution >= 4 is 55.8 Å². The zero-order valence-corrected chi connectivity index (χ0v) is 17.3. The predicted octanol–water partition coefficient (Wildman–Crippen LogP) is 3.80. The van der Waals surface area contributed by atoms with Gasteiger partial charge in [0.05, 0.1) is 31.9 Å². The molecular formula is C19H15Cl2FN4O2S. The molecule has 5 rings (SSSR count). The van der Waals surface area contributed by atoms with Crippen LogP contribution in [0.2, 0.25) is 10.0 Å². The Morgan fingerprint density at radius 2 is 2.17 bits per heavy atom. The molecule has 150 valence electrons. The molecule has 1 fully saturated rings. The first-order valence-electron chi connectivity index (χ1n) is 8.97. The predicted molar refractivity (Wildman–Crippen MR) is 113 cm³/mol.